The number of para-hydroxylation sites is 2. The van der Waals surface area contributed by atoms with Gasteiger partial charge in [0.25, 0.3) is 5.69 Å². The van der Waals surface area contributed by atoms with Crippen LogP contribution in [0.1, 0.15) is 5.56 Å². The summed E-state index contributed by atoms with van der Waals surface area (Å²) in [5, 5.41) is 11.2. The maximum atomic E-state index is 12.7. The van der Waals surface area contributed by atoms with E-state index in [0.717, 1.165) is 5.56 Å². The molecule has 148 valence electrons. The van der Waals surface area contributed by atoms with Crippen molar-refractivity contribution in [2.24, 2.45) is 0 Å². The van der Waals surface area contributed by atoms with Gasteiger partial charge in [-0.2, -0.15) is 0 Å². The summed E-state index contributed by atoms with van der Waals surface area (Å²) in [6, 6.07) is 12.1. The average molecular weight is 385 g/mol. The average Bonchev–Trinajstić information content (AvgIpc) is 2.73. The number of amides is 1. The van der Waals surface area contributed by atoms with Crippen LogP contribution in [0, 0.1) is 10.1 Å². The number of hydrogen-bond donors (Lipinski definition) is 0. The molecule has 28 heavy (non-hydrogen) atoms. The number of carbonyl (C=O) groups excluding carboxylic acids is 1. The lowest BCUT2D eigenvalue weighted by atomic mass is 10.1. The molecule has 3 rings (SSSR count). The predicted molar refractivity (Wildman–Crippen MR) is 105 cm³/mol. The number of nitro benzene ring substituents is 1. The molecule has 0 saturated carbocycles. The van der Waals surface area contributed by atoms with Gasteiger partial charge in [0.15, 0.2) is 11.5 Å². The van der Waals surface area contributed by atoms with Gasteiger partial charge in [-0.3, -0.25) is 14.9 Å². The van der Waals surface area contributed by atoms with E-state index in [-0.39, 0.29) is 22.9 Å². The first-order chi connectivity index (χ1) is 13.5. The van der Waals surface area contributed by atoms with Crippen LogP contribution in [0.2, 0.25) is 0 Å². The zero-order valence-electron chi connectivity index (χ0n) is 16.0. The summed E-state index contributed by atoms with van der Waals surface area (Å²) < 4.78 is 10.5. The van der Waals surface area contributed by atoms with Gasteiger partial charge in [0.05, 0.1) is 25.6 Å². The number of benzene rings is 2. The van der Waals surface area contributed by atoms with Crippen molar-refractivity contribution >= 4 is 17.3 Å². The summed E-state index contributed by atoms with van der Waals surface area (Å²) in [7, 11) is 3.13. The van der Waals surface area contributed by atoms with Crippen LogP contribution in [-0.4, -0.2) is 56.1 Å². The van der Waals surface area contributed by atoms with Crippen LogP contribution >= 0.6 is 0 Å². The zero-order valence-corrected chi connectivity index (χ0v) is 16.0. The van der Waals surface area contributed by atoms with Crippen molar-refractivity contribution in [3.63, 3.8) is 0 Å². The Bertz CT molecular complexity index is 863. The lowest BCUT2D eigenvalue weighted by Gasteiger charge is -2.35. The summed E-state index contributed by atoms with van der Waals surface area (Å²) in [5.74, 6) is 1.24. The van der Waals surface area contributed by atoms with Gasteiger partial charge in [-0.25, -0.2) is 0 Å². The molecular weight excluding hydrogens is 362 g/mol. The largest absolute Gasteiger partial charge is 0.493 e. The van der Waals surface area contributed by atoms with Crippen molar-refractivity contribution in [1.82, 2.24) is 4.90 Å². The fourth-order valence-corrected chi connectivity index (χ4v) is 3.36. The number of nitro groups is 1. The summed E-state index contributed by atoms with van der Waals surface area (Å²) in [6.45, 7) is 2.17. The van der Waals surface area contributed by atoms with E-state index in [4.69, 9.17) is 9.47 Å². The molecule has 2 aromatic rings. The number of methoxy groups -OCH3 is 2. The van der Waals surface area contributed by atoms with Crippen molar-refractivity contribution in [3.05, 3.63) is 58.1 Å². The highest BCUT2D eigenvalue weighted by Crippen LogP contribution is 2.29. The second-order valence-corrected chi connectivity index (χ2v) is 6.48. The van der Waals surface area contributed by atoms with E-state index in [9.17, 15) is 14.9 Å². The van der Waals surface area contributed by atoms with Crippen LogP contribution < -0.4 is 14.4 Å². The van der Waals surface area contributed by atoms with Crippen molar-refractivity contribution in [3.8, 4) is 11.5 Å². The zero-order chi connectivity index (χ0) is 20.1. The Kier molecular flexibility index (Phi) is 5.98. The van der Waals surface area contributed by atoms with E-state index in [1.165, 1.54) is 6.07 Å². The van der Waals surface area contributed by atoms with E-state index >= 15 is 0 Å². The molecule has 0 unspecified atom stereocenters. The fraction of sp³-hybridized carbons (Fsp3) is 0.350. The van der Waals surface area contributed by atoms with Gasteiger partial charge in [-0.1, -0.05) is 18.2 Å². The number of rotatable bonds is 6. The van der Waals surface area contributed by atoms with Crippen LogP contribution in [0.15, 0.2) is 42.5 Å². The molecule has 2 aromatic carbocycles. The Balaban J connectivity index is 1.62. The van der Waals surface area contributed by atoms with Gasteiger partial charge in [-0.15, -0.1) is 0 Å². The van der Waals surface area contributed by atoms with Gasteiger partial charge in [-0.05, 0) is 23.8 Å². The van der Waals surface area contributed by atoms with Crippen molar-refractivity contribution in [2.75, 3.05) is 45.3 Å². The Morgan fingerprint density at radius 1 is 1.04 bits per heavy atom. The maximum absolute atomic E-state index is 12.7. The molecule has 1 heterocycles. The summed E-state index contributed by atoms with van der Waals surface area (Å²) >= 11 is 0. The molecule has 8 heteroatoms. The minimum absolute atomic E-state index is 0.0226. The van der Waals surface area contributed by atoms with E-state index in [1.807, 2.05) is 11.0 Å². The van der Waals surface area contributed by atoms with Crippen molar-refractivity contribution in [1.29, 1.82) is 0 Å². The van der Waals surface area contributed by atoms with E-state index < -0.39 is 0 Å². The molecule has 1 aliphatic heterocycles. The standard InChI is InChI=1S/C20H23N3O5/c1-27-18-8-7-15(13-19(18)28-2)14-20(24)22-11-9-21(10-12-22)16-5-3-4-6-17(16)23(25)26/h3-8,13H,9-12,14H2,1-2H3. The molecule has 0 aliphatic carbocycles. The third-order valence-electron chi connectivity index (χ3n) is 4.85. The quantitative estimate of drug-likeness (QED) is 0.561. The highest BCUT2D eigenvalue weighted by Gasteiger charge is 2.25. The number of ether oxygens (including phenoxy) is 2. The number of hydrogen-bond acceptors (Lipinski definition) is 6. The summed E-state index contributed by atoms with van der Waals surface area (Å²) in [4.78, 5) is 27.3. The molecule has 0 spiro atoms. The molecule has 0 radical (unpaired) electrons. The molecule has 0 bridgehead atoms. The third-order valence-corrected chi connectivity index (χ3v) is 4.85. The Labute approximate surface area is 163 Å². The number of anilines is 1. The van der Waals surface area contributed by atoms with Crippen molar-refractivity contribution < 1.29 is 19.2 Å². The molecule has 8 nitrogen and oxygen atoms in total. The minimum atomic E-state index is -0.371. The second kappa shape index (κ2) is 8.60. The highest BCUT2D eigenvalue weighted by molar-refractivity contribution is 5.79. The molecule has 1 amide bonds. The second-order valence-electron chi connectivity index (χ2n) is 6.48. The maximum Gasteiger partial charge on any atom is 0.292 e. The van der Waals surface area contributed by atoms with Gasteiger partial charge in [0.2, 0.25) is 5.91 Å². The topological polar surface area (TPSA) is 85.2 Å². The Morgan fingerprint density at radius 2 is 1.71 bits per heavy atom. The molecule has 0 N–H and O–H groups in total. The predicted octanol–water partition coefficient (Wildman–Crippen LogP) is 2.50. The van der Waals surface area contributed by atoms with Crippen LogP contribution in [0.5, 0.6) is 11.5 Å². The summed E-state index contributed by atoms with van der Waals surface area (Å²) in [5.41, 5.74) is 1.54. The van der Waals surface area contributed by atoms with Gasteiger partial charge in [0.1, 0.15) is 5.69 Å². The van der Waals surface area contributed by atoms with E-state index in [2.05, 4.69) is 0 Å². The molecular formula is C20H23N3O5. The van der Waals surface area contributed by atoms with Crippen LogP contribution in [0.3, 0.4) is 0 Å². The van der Waals surface area contributed by atoms with E-state index in [0.29, 0.717) is 43.4 Å². The molecule has 1 fully saturated rings. The van der Waals surface area contributed by atoms with E-state index in [1.54, 1.807) is 49.5 Å². The first-order valence-corrected chi connectivity index (χ1v) is 9.00. The number of piperazine rings is 1. The molecule has 1 aliphatic rings. The SMILES string of the molecule is COc1ccc(CC(=O)N2CCN(c3ccccc3[N+](=O)[O-])CC2)cc1OC. The fourth-order valence-electron chi connectivity index (χ4n) is 3.36. The lowest BCUT2D eigenvalue weighted by Crippen LogP contribution is -2.49. The molecule has 0 aromatic heterocycles. The highest BCUT2D eigenvalue weighted by atomic mass is 16.6. The van der Waals surface area contributed by atoms with Crippen LogP contribution in [0.25, 0.3) is 0 Å². The first kappa shape index (κ1) is 19.5. The Hall–Kier alpha value is -3.29. The monoisotopic (exact) mass is 385 g/mol. The summed E-state index contributed by atoms with van der Waals surface area (Å²) in [6.07, 6.45) is 0.270. The van der Waals surface area contributed by atoms with Gasteiger partial charge in [0, 0.05) is 32.2 Å². The normalized spacial score (nSPS) is 13.9. The molecule has 0 atom stereocenters. The lowest BCUT2D eigenvalue weighted by molar-refractivity contribution is -0.384. The molecule has 1 saturated heterocycles. The minimum Gasteiger partial charge on any atom is -0.493 e. The number of nitrogens with zero attached hydrogens (tertiary/aromatic N) is 3. The Morgan fingerprint density at radius 3 is 2.36 bits per heavy atom. The van der Waals surface area contributed by atoms with Gasteiger partial charge < -0.3 is 19.3 Å². The number of carbonyl (C=O) groups is 1. The van der Waals surface area contributed by atoms with Crippen LogP contribution in [0.4, 0.5) is 11.4 Å². The van der Waals surface area contributed by atoms with Crippen molar-refractivity contribution in [2.45, 2.75) is 6.42 Å². The van der Waals surface area contributed by atoms with Crippen LogP contribution in [-0.2, 0) is 11.2 Å². The first-order valence-electron chi connectivity index (χ1n) is 9.00. The smallest absolute Gasteiger partial charge is 0.292 e. The third kappa shape index (κ3) is 4.16. The van der Waals surface area contributed by atoms with Gasteiger partial charge >= 0.3 is 0 Å².